The van der Waals surface area contributed by atoms with Gasteiger partial charge in [-0.3, -0.25) is 0 Å². The minimum Gasteiger partial charge on any atom is -0.309 e. The van der Waals surface area contributed by atoms with Gasteiger partial charge in [0.1, 0.15) is 0 Å². The maximum atomic E-state index is 3.54. The lowest BCUT2D eigenvalue weighted by Gasteiger charge is -2.15. The minimum atomic E-state index is 0.252. The highest BCUT2D eigenvalue weighted by molar-refractivity contribution is 9.13. The molecular formula is C13H13Br2NS. The summed E-state index contributed by atoms with van der Waals surface area (Å²) in [5, 5.41) is 3.37. The van der Waals surface area contributed by atoms with Gasteiger partial charge in [0.25, 0.3) is 0 Å². The SMILES string of the molecule is CNC(c1cccc(C)c1)c1cc(Br)c(Br)s1. The average molecular weight is 375 g/mol. The summed E-state index contributed by atoms with van der Waals surface area (Å²) < 4.78 is 2.26. The zero-order chi connectivity index (χ0) is 12.4. The first-order valence-electron chi connectivity index (χ1n) is 5.30. The molecule has 1 atom stereocenters. The maximum absolute atomic E-state index is 3.54. The summed E-state index contributed by atoms with van der Waals surface area (Å²) in [5.41, 5.74) is 2.59. The molecule has 0 aliphatic rings. The Morgan fingerprint density at radius 3 is 2.53 bits per heavy atom. The van der Waals surface area contributed by atoms with Gasteiger partial charge in [-0.25, -0.2) is 0 Å². The molecule has 0 aliphatic carbocycles. The Bertz CT molecular complexity index is 502. The second-order valence-corrected chi connectivity index (χ2v) is 7.16. The van der Waals surface area contributed by atoms with Crippen LogP contribution >= 0.6 is 43.2 Å². The molecule has 0 saturated heterocycles. The van der Waals surface area contributed by atoms with Gasteiger partial charge < -0.3 is 5.32 Å². The van der Waals surface area contributed by atoms with Gasteiger partial charge in [-0.2, -0.15) is 0 Å². The lowest BCUT2D eigenvalue weighted by molar-refractivity contribution is 0.703. The second kappa shape index (κ2) is 5.65. The Balaban J connectivity index is 2.39. The van der Waals surface area contributed by atoms with Crippen molar-refractivity contribution in [1.29, 1.82) is 0 Å². The molecule has 1 nitrogen and oxygen atoms in total. The van der Waals surface area contributed by atoms with Gasteiger partial charge in [-0.05, 0) is 57.5 Å². The molecule has 0 aliphatic heterocycles. The van der Waals surface area contributed by atoms with Crippen molar-refractivity contribution in [3.8, 4) is 0 Å². The number of hydrogen-bond donors (Lipinski definition) is 1. The van der Waals surface area contributed by atoms with E-state index in [1.54, 1.807) is 11.3 Å². The van der Waals surface area contributed by atoms with Crippen LogP contribution in [0.2, 0.25) is 0 Å². The predicted molar refractivity (Wildman–Crippen MR) is 81.8 cm³/mol. The van der Waals surface area contributed by atoms with Crippen LogP contribution in [-0.4, -0.2) is 7.05 Å². The van der Waals surface area contributed by atoms with Crippen LogP contribution in [0.3, 0.4) is 0 Å². The van der Waals surface area contributed by atoms with Gasteiger partial charge in [0, 0.05) is 9.35 Å². The largest absolute Gasteiger partial charge is 0.309 e. The molecule has 4 heteroatoms. The van der Waals surface area contributed by atoms with Crippen molar-refractivity contribution in [3.63, 3.8) is 0 Å². The van der Waals surface area contributed by atoms with E-state index >= 15 is 0 Å². The highest BCUT2D eigenvalue weighted by Gasteiger charge is 2.16. The van der Waals surface area contributed by atoms with Crippen LogP contribution in [0.4, 0.5) is 0 Å². The van der Waals surface area contributed by atoms with Gasteiger partial charge in [0.15, 0.2) is 0 Å². The molecule has 0 amide bonds. The molecule has 90 valence electrons. The summed E-state index contributed by atoms with van der Waals surface area (Å²) in [6.07, 6.45) is 0. The van der Waals surface area contributed by atoms with Crippen molar-refractivity contribution < 1.29 is 0 Å². The Hall–Kier alpha value is -0.160. The quantitative estimate of drug-likeness (QED) is 0.806. The van der Waals surface area contributed by atoms with E-state index in [1.807, 2.05) is 7.05 Å². The van der Waals surface area contributed by atoms with Crippen molar-refractivity contribution in [2.24, 2.45) is 0 Å². The van der Waals surface area contributed by atoms with Crippen LogP contribution in [0, 0.1) is 6.92 Å². The standard InChI is InChI=1S/C13H13Br2NS/c1-8-4-3-5-9(6-8)12(16-2)11-7-10(14)13(15)17-11/h3-7,12,16H,1-2H3. The number of halogens is 2. The molecule has 0 bridgehead atoms. The number of benzene rings is 1. The average Bonchev–Trinajstić information content (AvgIpc) is 2.60. The van der Waals surface area contributed by atoms with Crippen LogP contribution in [0.1, 0.15) is 22.0 Å². The molecule has 0 radical (unpaired) electrons. The summed E-state index contributed by atoms with van der Waals surface area (Å²) in [5.74, 6) is 0. The number of rotatable bonds is 3. The van der Waals surface area contributed by atoms with Crippen molar-refractivity contribution >= 4 is 43.2 Å². The fourth-order valence-corrected chi connectivity index (χ4v) is 4.06. The zero-order valence-corrected chi connectivity index (χ0v) is 13.6. The number of hydrogen-bond acceptors (Lipinski definition) is 2. The Morgan fingerprint density at radius 1 is 1.24 bits per heavy atom. The van der Waals surface area contributed by atoms with Gasteiger partial charge >= 0.3 is 0 Å². The molecule has 1 aromatic heterocycles. The minimum absolute atomic E-state index is 0.252. The third-order valence-electron chi connectivity index (χ3n) is 2.61. The van der Waals surface area contributed by atoms with E-state index in [9.17, 15) is 0 Å². The second-order valence-electron chi connectivity index (χ2n) is 3.91. The Labute approximate surface area is 123 Å². The first-order chi connectivity index (χ1) is 8.11. The van der Waals surface area contributed by atoms with Gasteiger partial charge in [0.05, 0.1) is 9.83 Å². The van der Waals surface area contributed by atoms with Crippen LogP contribution in [0.5, 0.6) is 0 Å². The van der Waals surface area contributed by atoms with E-state index in [1.165, 1.54) is 16.0 Å². The molecule has 0 saturated carbocycles. The molecule has 1 N–H and O–H groups in total. The predicted octanol–water partition coefficient (Wildman–Crippen LogP) is 4.89. The maximum Gasteiger partial charge on any atom is 0.0843 e. The van der Waals surface area contributed by atoms with E-state index < -0.39 is 0 Å². The van der Waals surface area contributed by atoms with E-state index in [0.717, 1.165) is 8.26 Å². The smallest absolute Gasteiger partial charge is 0.0843 e. The van der Waals surface area contributed by atoms with Gasteiger partial charge in [-0.15, -0.1) is 11.3 Å². The molecule has 2 aromatic rings. The molecule has 0 spiro atoms. The van der Waals surface area contributed by atoms with Gasteiger partial charge in [-0.1, -0.05) is 29.8 Å². The van der Waals surface area contributed by atoms with E-state index in [0.29, 0.717) is 0 Å². The third-order valence-corrected chi connectivity index (χ3v) is 5.93. The monoisotopic (exact) mass is 373 g/mol. The first-order valence-corrected chi connectivity index (χ1v) is 7.70. The van der Waals surface area contributed by atoms with Gasteiger partial charge in [0.2, 0.25) is 0 Å². The summed E-state index contributed by atoms with van der Waals surface area (Å²) in [7, 11) is 1.99. The fraction of sp³-hybridized carbons (Fsp3) is 0.231. The van der Waals surface area contributed by atoms with Crippen LogP contribution < -0.4 is 5.32 Å². The first kappa shape index (κ1) is 13.3. The normalized spacial score (nSPS) is 12.7. The van der Waals surface area contributed by atoms with E-state index in [4.69, 9.17) is 0 Å². The highest BCUT2D eigenvalue weighted by Crippen LogP contribution is 2.37. The fourth-order valence-electron chi connectivity index (χ4n) is 1.83. The van der Waals surface area contributed by atoms with Crippen molar-refractivity contribution in [1.82, 2.24) is 5.32 Å². The van der Waals surface area contributed by atoms with Crippen LogP contribution in [-0.2, 0) is 0 Å². The number of aryl methyl sites for hydroxylation is 1. The Kier molecular flexibility index (Phi) is 4.42. The van der Waals surface area contributed by atoms with Crippen molar-refractivity contribution in [2.75, 3.05) is 7.05 Å². The summed E-state index contributed by atoms with van der Waals surface area (Å²) in [4.78, 5) is 1.30. The summed E-state index contributed by atoms with van der Waals surface area (Å²) in [6, 6.07) is 11.0. The third kappa shape index (κ3) is 2.99. The zero-order valence-electron chi connectivity index (χ0n) is 9.63. The molecule has 17 heavy (non-hydrogen) atoms. The molecule has 2 rings (SSSR count). The summed E-state index contributed by atoms with van der Waals surface area (Å²) >= 11 is 8.84. The summed E-state index contributed by atoms with van der Waals surface area (Å²) in [6.45, 7) is 2.12. The van der Waals surface area contributed by atoms with Crippen molar-refractivity contribution in [3.05, 3.63) is 54.6 Å². The number of nitrogens with one attached hydrogen (secondary N) is 1. The van der Waals surface area contributed by atoms with Crippen molar-refractivity contribution in [2.45, 2.75) is 13.0 Å². The number of thiophene rings is 1. The molecule has 1 unspecified atom stereocenters. The van der Waals surface area contributed by atoms with E-state index in [-0.39, 0.29) is 6.04 Å². The van der Waals surface area contributed by atoms with E-state index in [2.05, 4.69) is 74.4 Å². The van der Waals surface area contributed by atoms with Crippen LogP contribution in [0.25, 0.3) is 0 Å². The lowest BCUT2D eigenvalue weighted by atomic mass is 10.0. The molecule has 1 aromatic carbocycles. The molecule has 1 heterocycles. The lowest BCUT2D eigenvalue weighted by Crippen LogP contribution is -2.16. The Morgan fingerprint density at radius 2 is 2.00 bits per heavy atom. The topological polar surface area (TPSA) is 12.0 Å². The van der Waals surface area contributed by atoms with Crippen LogP contribution in [0.15, 0.2) is 38.6 Å². The molecule has 0 fully saturated rings. The highest BCUT2D eigenvalue weighted by atomic mass is 79.9. The molecular weight excluding hydrogens is 362 g/mol.